The number of likely N-dealkylation sites (tertiary alicyclic amines) is 1. The molecule has 0 atom stereocenters. The Morgan fingerprint density at radius 2 is 1.80 bits per heavy atom. The lowest BCUT2D eigenvalue weighted by Crippen LogP contribution is -2.32. The molecule has 4 rings (SSSR count). The number of nitrogens with zero attached hydrogens (tertiary/aromatic N) is 3. The van der Waals surface area contributed by atoms with Crippen molar-refractivity contribution in [3.05, 3.63) is 71.6 Å². The van der Waals surface area contributed by atoms with Gasteiger partial charge in [-0.05, 0) is 56.5 Å². The highest BCUT2D eigenvalue weighted by molar-refractivity contribution is 5.53. The van der Waals surface area contributed by atoms with Gasteiger partial charge in [-0.15, -0.1) is 10.2 Å². The molecule has 2 aromatic carbocycles. The van der Waals surface area contributed by atoms with Crippen molar-refractivity contribution in [1.82, 2.24) is 15.1 Å². The Morgan fingerprint density at radius 1 is 1.00 bits per heavy atom. The van der Waals surface area contributed by atoms with Crippen LogP contribution in [-0.4, -0.2) is 28.2 Å². The van der Waals surface area contributed by atoms with Crippen LogP contribution in [0.4, 0.5) is 0 Å². The van der Waals surface area contributed by atoms with Crippen LogP contribution in [0.15, 0.2) is 59.0 Å². The van der Waals surface area contributed by atoms with Gasteiger partial charge >= 0.3 is 0 Å². The highest BCUT2D eigenvalue weighted by Crippen LogP contribution is 2.28. The molecule has 0 aliphatic carbocycles. The molecule has 0 saturated carbocycles. The van der Waals surface area contributed by atoms with Gasteiger partial charge in [0.1, 0.15) is 0 Å². The first-order valence-electron chi connectivity index (χ1n) is 8.94. The molecular weight excluding hydrogens is 310 g/mol. The summed E-state index contributed by atoms with van der Waals surface area (Å²) >= 11 is 0. The van der Waals surface area contributed by atoms with Gasteiger partial charge in [-0.2, -0.15) is 0 Å². The first kappa shape index (κ1) is 16.0. The van der Waals surface area contributed by atoms with Crippen molar-refractivity contribution < 1.29 is 4.42 Å². The maximum Gasteiger partial charge on any atom is 0.247 e. The number of piperidine rings is 1. The van der Waals surface area contributed by atoms with Gasteiger partial charge in [0.2, 0.25) is 11.8 Å². The average molecular weight is 333 g/mol. The number of hydrogen-bond acceptors (Lipinski definition) is 4. The van der Waals surface area contributed by atoms with E-state index in [-0.39, 0.29) is 0 Å². The van der Waals surface area contributed by atoms with Gasteiger partial charge in [-0.1, -0.05) is 48.0 Å². The third-order valence-corrected chi connectivity index (χ3v) is 4.95. The van der Waals surface area contributed by atoms with E-state index in [1.54, 1.807) is 0 Å². The van der Waals surface area contributed by atoms with Gasteiger partial charge in [0, 0.05) is 5.56 Å². The number of benzene rings is 2. The van der Waals surface area contributed by atoms with Crippen molar-refractivity contribution >= 4 is 0 Å². The summed E-state index contributed by atoms with van der Waals surface area (Å²) in [6.45, 7) is 4.95. The van der Waals surface area contributed by atoms with Crippen LogP contribution in [0.5, 0.6) is 0 Å². The summed E-state index contributed by atoms with van der Waals surface area (Å²) in [4.78, 5) is 2.41. The van der Waals surface area contributed by atoms with E-state index in [1.807, 2.05) is 12.1 Å². The lowest BCUT2D eigenvalue weighted by Gasteiger charge is -2.31. The monoisotopic (exact) mass is 333 g/mol. The summed E-state index contributed by atoms with van der Waals surface area (Å²) in [6, 6.07) is 19.0. The van der Waals surface area contributed by atoms with Gasteiger partial charge in [0.05, 0.1) is 6.54 Å². The van der Waals surface area contributed by atoms with Crippen molar-refractivity contribution in [2.24, 2.45) is 0 Å². The Balaban J connectivity index is 1.36. The highest BCUT2D eigenvalue weighted by Gasteiger charge is 2.22. The van der Waals surface area contributed by atoms with E-state index in [0.717, 1.165) is 25.2 Å². The number of rotatable bonds is 4. The third kappa shape index (κ3) is 3.80. The zero-order valence-electron chi connectivity index (χ0n) is 14.6. The largest absolute Gasteiger partial charge is 0.419 e. The van der Waals surface area contributed by atoms with E-state index >= 15 is 0 Å². The molecule has 1 aliphatic rings. The lowest BCUT2D eigenvalue weighted by molar-refractivity contribution is 0.188. The topological polar surface area (TPSA) is 42.2 Å². The van der Waals surface area contributed by atoms with Crippen molar-refractivity contribution in [2.45, 2.75) is 32.2 Å². The molecule has 25 heavy (non-hydrogen) atoms. The highest BCUT2D eigenvalue weighted by atomic mass is 16.4. The smallest absolute Gasteiger partial charge is 0.247 e. The molecule has 1 aromatic heterocycles. The molecule has 1 saturated heterocycles. The van der Waals surface area contributed by atoms with Gasteiger partial charge in [-0.3, -0.25) is 4.90 Å². The number of aromatic nitrogens is 2. The Kier molecular flexibility index (Phi) is 4.61. The molecule has 2 heterocycles. The second-order valence-electron chi connectivity index (χ2n) is 6.83. The molecule has 0 bridgehead atoms. The number of hydrogen-bond donors (Lipinski definition) is 0. The molecule has 0 amide bonds. The molecule has 128 valence electrons. The predicted octanol–water partition coefficient (Wildman–Crippen LogP) is 4.42. The lowest BCUT2D eigenvalue weighted by atomic mass is 9.89. The SMILES string of the molecule is Cc1cccc(-c2nnc(CN3CCC(c4ccccc4)CC3)o2)c1. The Bertz CT molecular complexity index is 820. The molecular formula is C21H23N3O. The molecule has 1 aliphatic heterocycles. The molecule has 0 unspecified atom stereocenters. The van der Waals surface area contributed by atoms with Crippen molar-refractivity contribution in [1.29, 1.82) is 0 Å². The maximum atomic E-state index is 5.88. The van der Waals surface area contributed by atoms with E-state index < -0.39 is 0 Å². The fraction of sp³-hybridized carbons (Fsp3) is 0.333. The second kappa shape index (κ2) is 7.19. The average Bonchev–Trinajstić information content (AvgIpc) is 3.12. The molecule has 0 N–H and O–H groups in total. The quantitative estimate of drug-likeness (QED) is 0.708. The third-order valence-electron chi connectivity index (χ3n) is 4.95. The van der Waals surface area contributed by atoms with Crippen LogP contribution in [0, 0.1) is 6.92 Å². The van der Waals surface area contributed by atoms with E-state index in [1.165, 1.54) is 24.0 Å². The van der Waals surface area contributed by atoms with Gasteiger partial charge in [-0.25, -0.2) is 0 Å². The van der Waals surface area contributed by atoms with Crippen LogP contribution >= 0.6 is 0 Å². The normalized spacial score (nSPS) is 16.2. The zero-order valence-corrected chi connectivity index (χ0v) is 14.6. The first-order chi connectivity index (χ1) is 12.3. The molecule has 0 radical (unpaired) electrons. The minimum Gasteiger partial charge on any atom is -0.419 e. The fourth-order valence-corrected chi connectivity index (χ4v) is 3.55. The van der Waals surface area contributed by atoms with Gasteiger partial charge in [0.25, 0.3) is 0 Å². The zero-order chi connectivity index (χ0) is 17.1. The standard InChI is InChI=1S/C21H23N3O/c1-16-6-5-9-19(14-16)21-23-22-20(25-21)15-24-12-10-18(11-13-24)17-7-3-2-4-8-17/h2-9,14,18H,10-13,15H2,1H3. The van der Waals surface area contributed by atoms with Crippen molar-refractivity contribution in [2.75, 3.05) is 13.1 Å². The van der Waals surface area contributed by atoms with Crippen LogP contribution in [0.3, 0.4) is 0 Å². The second-order valence-corrected chi connectivity index (χ2v) is 6.83. The molecule has 4 heteroatoms. The summed E-state index contributed by atoms with van der Waals surface area (Å²) in [5.74, 6) is 1.98. The van der Waals surface area contributed by atoms with Crippen LogP contribution in [0.25, 0.3) is 11.5 Å². The minimum absolute atomic E-state index is 0.609. The molecule has 0 spiro atoms. The predicted molar refractivity (Wildman–Crippen MR) is 98.2 cm³/mol. The Labute approximate surface area is 148 Å². The van der Waals surface area contributed by atoms with E-state index in [4.69, 9.17) is 4.42 Å². The summed E-state index contributed by atoms with van der Waals surface area (Å²) in [5.41, 5.74) is 3.64. The van der Waals surface area contributed by atoms with Crippen LogP contribution in [-0.2, 0) is 6.54 Å². The fourth-order valence-electron chi connectivity index (χ4n) is 3.55. The van der Waals surface area contributed by atoms with Gasteiger partial charge < -0.3 is 4.42 Å². The molecule has 3 aromatic rings. The van der Waals surface area contributed by atoms with Crippen LogP contribution in [0.2, 0.25) is 0 Å². The maximum absolute atomic E-state index is 5.88. The van der Waals surface area contributed by atoms with Crippen molar-refractivity contribution in [3.8, 4) is 11.5 Å². The van der Waals surface area contributed by atoms with Crippen molar-refractivity contribution in [3.63, 3.8) is 0 Å². The van der Waals surface area contributed by atoms with Crippen LogP contribution in [0.1, 0.15) is 35.8 Å². The molecule has 1 fully saturated rings. The van der Waals surface area contributed by atoms with E-state index in [9.17, 15) is 0 Å². The van der Waals surface area contributed by atoms with E-state index in [2.05, 4.69) is 64.5 Å². The summed E-state index contributed by atoms with van der Waals surface area (Å²) in [5, 5.41) is 8.45. The summed E-state index contributed by atoms with van der Waals surface area (Å²) < 4.78 is 5.88. The summed E-state index contributed by atoms with van der Waals surface area (Å²) in [6.07, 6.45) is 2.37. The number of aryl methyl sites for hydroxylation is 1. The Hall–Kier alpha value is -2.46. The first-order valence-corrected chi connectivity index (χ1v) is 8.94. The Morgan fingerprint density at radius 3 is 2.56 bits per heavy atom. The van der Waals surface area contributed by atoms with Gasteiger partial charge in [0.15, 0.2) is 0 Å². The molecule has 4 nitrogen and oxygen atoms in total. The summed E-state index contributed by atoms with van der Waals surface area (Å²) in [7, 11) is 0. The van der Waals surface area contributed by atoms with E-state index in [0.29, 0.717) is 17.7 Å². The minimum atomic E-state index is 0.609. The van der Waals surface area contributed by atoms with Crippen LogP contribution < -0.4 is 0 Å².